The highest BCUT2D eigenvalue weighted by atomic mass is 32.1. The molecule has 1 N–H and O–H groups in total. The molecule has 1 heterocycles. The van der Waals surface area contributed by atoms with Crippen LogP contribution >= 0.6 is 11.3 Å². The number of thiazole rings is 1. The van der Waals surface area contributed by atoms with E-state index in [-0.39, 0.29) is 11.5 Å². The molecule has 0 radical (unpaired) electrons. The largest absolute Gasteiger partial charge is 0.392 e. The number of aliphatic hydroxyl groups excluding tert-OH is 1. The topological polar surface area (TPSA) is 33.1 Å². The lowest BCUT2D eigenvalue weighted by Gasteiger charge is -2.41. The van der Waals surface area contributed by atoms with Crippen molar-refractivity contribution >= 4 is 11.3 Å². The van der Waals surface area contributed by atoms with Crippen molar-refractivity contribution < 1.29 is 5.11 Å². The highest BCUT2D eigenvalue weighted by Crippen LogP contribution is 2.43. The molecule has 0 saturated heterocycles. The molecule has 0 aliphatic heterocycles. The molecule has 1 unspecified atom stereocenters. The molecule has 1 atom stereocenters. The fourth-order valence-corrected chi connectivity index (χ4v) is 4.13. The van der Waals surface area contributed by atoms with E-state index in [2.05, 4.69) is 35.3 Å². The highest BCUT2D eigenvalue weighted by molar-refractivity contribution is 7.09. The molecule has 1 fully saturated rings. The average molecular weight is 287 g/mol. The summed E-state index contributed by atoms with van der Waals surface area (Å²) in [5.41, 5.74) is 3.08. The molecule has 2 aromatic rings. The Labute approximate surface area is 124 Å². The molecule has 106 valence electrons. The first-order valence-corrected chi connectivity index (χ1v) is 8.30. The third-order valence-corrected chi connectivity index (χ3v) is 5.41. The van der Waals surface area contributed by atoms with Crippen LogP contribution in [0.5, 0.6) is 0 Å². The van der Waals surface area contributed by atoms with E-state index in [1.807, 2.05) is 11.7 Å². The molecule has 3 heteroatoms. The fraction of sp³-hybridized carbons (Fsp3) is 0.471. The van der Waals surface area contributed by atoms with Crippen LogP contribution in [0.25, 0.3) is 0 Å². The maximum Gasteiger partial charge on any atom is 0.0794 e. The van der Waals surface area contributed by atoms with Crippen molar-refractivity contribution in [2.24, 2.45) is 0 Å². The monoisotopic (exact) mass is 287 g/mol. The van der Waals surface area contributed by atoms with Gasteiger partial charge in [0, 0.05) is 22.9 Å². The fourth-order valence-electron chi connectivity index (χ4n) is 3.50. The third-order valence-electron chi connectivity index (χ3n) is 4.61. The van der Waals surface area contributed by atoms with Gasteiger partial charge in [-0.1, -0.05) is 49.6 Å². The Balaban J connectivity index is 1.89. The summed E-state index contributed by atoms with van der Waals surface area (Å²) in [4.78, 5) is 5.30. The predicted molar refractivity (Wildman–Crippen MR) is 83.0 cm³/mol. The SMILES string of the molecule is OC(Cc1cncs1)C1(c2ccccc2)CCCCC1. The molecular formula is C17H21NOS. The van der Waals surface area contributed by atoms with Gasteiger partial charge < -0.3 is 5.11 Å². The summed E-state index contributed by atoms with van der Waals surface area (Å²) in [5.74, 6) is 0. The zero-order chi connectivity index (χ0) is 13.8. The maximum atomic E-state index is 10.9. The van der Waals surface area contributed by atoms with E-state index in [9.17, 15) is 5.11 Å². The number of rotatable bonds is 4. The van der Waals surface area contributed by atoms with Crippen LogP contribution in [0.3, 0.4) is 0 Å². The van der Waals surface area contributed by atoms with Crippen LogP contribution in [0.1, 0.15) is 42.5 Å². The van der Waals surface area contributed by atoms with Crippen LogP contribution in [0, 0.1) is 0 Å². The summed E-state index contributed by atoms with van der Waals surface area (Å²) < 4.78 is 0. The van der Waals surface area contributed by atoms with Gasteiger partial charge in [0.1, 0.15) is 0 Å². The number of hydrogen-bond donors (Lipinski definition) is 1. The van der Waals surface area contributed by atoms with Gasteiger partial charge in [-0.25, -0.2) is 0 Å². The van der Waals surface area contributed by atoms with Crippen molar-refractivity contribution in [3.8, 4) is 0 Å². The summed E-state index contributed by atoms with van der Waals surface area (Å²) in [6, 6.07) is 10.6. The number of benzene rings is 1. The van der Waals surface area contributed by atoms with Crippen molar-refractivity contribution in [1.82, 2.24) is 4.98 Å². The van der Waals surface area contributed by atoms with Crippen molar-refractivity contribution in [1.29, 1.82) is 0 Å². The van der Waals surface area contributed by atoms with Gasteiger partial charge >= 0.3 is 0 Å². The molecule has 1 aromatic heterocycles. The molecule has 0 amide bonds. The third kappa shape index (κ3) is 2.65. The number of nitrogens with zero attached hydrogens (tertiary/aromatic N) is 1. The zero-order valence-electron chi connectivity index (χ0n) is 11.7. The summed E-state index contributed by atoms with van der Waals surface area (Å²) in [6.07, 6.45) is 8.21. The van der Waals surface area contributed by atoms with E-state index in [4.69, 9.17) is 0 Å². The minimum Gasteiger partial charge on any atom is -0.392 e. The lowest BCUT2D eigenvalue weighted by Crippen LogP contribution is -2.42. The predicted octanol–water partition coefficient (Wildman–Crippen LogP) is 3.95. The molecule has 1 aliphatic rings. The van der Waals surface area contributed by atoms with Gasteiger partial charge in [0.25, 0.3) is 0 Å². The van der Waals surface area contributed by atoms with Crippen molar-refractivity contribution in [3.63, 3.8) is 0 Å². The van der Waals surface area contributed by atoms with E-state index < -0.39 is 0 Å². The normalized spacial score (nSPS) is 19.6. The van der Waals surface area contributed by atoms with Gasteiger partial charge in [0.15, 0.2) is 0 Å². The Bertz CT molecular complexity index is 517. The Morgan fingerprint density at radius 2 is 1.90 bits per heavy atom. The smallest absolute Gasteiger partial charge is 0.0794 e. The second-order valence-electron chi connectivity index (χ2n) is 5.77. The Kier molecular flexibility index (Phi) is 4.18. The summed E-state index contributed by atoms with van der Waals surface area (Å²) in [5, 5.41) is 10.9. The lowest BCUT2D eigenvalue weighted by atomic mass is 9.65. The van der Waals surface area contributed by atoms with Crippen LogP contribution in [-0.4, -0.2) is 16.2 Å². The molecule has 0 bridgehead atoms. The first kappa shape index (κ1) is 13.8. The molecular weight excluding hydrogens is 266 g/mol. The molecule has 1 aliphatic carbocycles. The second-order valence-corrected chi connectivity index (χ2v) is 6.74. The van der Waals surface area contributed by atoms with Crippen LogP contribution in [0.2, 0.25) is 0 Å². The van der Waals surface area contributed by atoms with Gasteiger partial charge in [-0.05, 0) is 18.4 Å². The maximum absolute atomic E-state index is 10.9. The number of hydrogen-bond acceptors (Lipinski definition) is 3. The minimum absolute atomic E-state index is 0.0660. The van der Waals surface area contributed by atoms with Crippen LogP contribution in [-0.2, 0) is 11.8 Å². The van der Waals surface area contributed by atoms with Gasteiger partial charge in [-0.2, -0.15) is 0 Å². The van der Waals surface area contributed by atoms with Gasteiger partial charge in [0.2, 0.25) is 0 Å². The second kappa shape index (κ2) is 6.06. The van der Waals surface area contributed by atoms with E-state index >= 15 is 0 Å². The quantitative estimate of drug-likeness (QED) is 0.923. The van der Waals surface area contributed by atoms with Crippen molar-refractivity contribution in [3.05, 3.63) is 52.5 Å². The van der Waals surface area contributed by atoms with Crippen molar-refractivity contribution in [2.45, 2.75) is 50.0 Å². The molecule has 0 spiro atoms. The van der Waals surface area contributed by atoms with Crippen LogP contribution in [0.15, 0.2) is 42.0 Å². The van der Waals surface area contributed by atoms with Gasteiger partial charge in [0.05, 0.1) is 11.6 Å². The highest BCUT2D eigenvalue weighted by Gasteiger charge is 2.40. The summed E-state index contributed by atoms with van der Waals surface area (Å²) >= 11 is 1.64. The van der Waals surface area contributed by atoms with Gasteiger partial charge in [-0.15, -0.1) is 11.3 Å². The Hall–Kier alpha value is -1.19. The van der Waals surface area contributed by atoms with E-state index in [1.165, 1.54) is 29.7 Å². The first-order valence-electron chi connectivity index (χ1n) is 7.42. The van der Waals surface area contributed by atoms with Crippen LogP contribution < -0.4 is 0 Å². The standard InChI is InChI=1S/C17H21NOS/c19-16(11-15-12-18-13-20-15)17(9-5-2-6-10-17)14-7-3-1-4-8-14/h1,3-4,7-8,12-13,16,19H,2,5-6,9-11H2. The van der Waals surface area contributed by atoms with Crippen molar-refractivity contribution in [2.75, 3.05) is 0 Å². The van der Waals surface area contributed by atoms with Crippen LogP contribution in [0.4, 0.5) is 0 Å². The average Bonchev–Trinajstić information content (AvgIpc) is 3.02. The molecule has 2 nitrogen and oxygen atoms in total. The van der Waals surface area contributed by atoms with Gasteiger partial charge in [-0.3, -0.25) is 4.98 Å². The first-order chi connectivity index (χ1) is 9.81. The minimum atomic E-state index is -0.314. The molecule has 20 heavy (non-hydrogen) atoms. The lowest BCUT2D eigenvalue weighted by molar-refractivity contribution is 0.0545. The Morgan fingerprint density at radius 1 is 1.15 bits per heavy atom. The summed E-state index contributed by atoms with van der Waals surface area (Å²) in [6.45, 7) is 0. The molecule has 1 aromatic carbocycles. The summed E-state index contributed by atoms with van der Waals surface area (Å²) in [7, 11) is 0. The van der Waals surface area contributed by atoms with E-state index in [0.29, 0.717) is 0 Å². The molecule has 1 saturated carbocycles. The van der Waals surface area contributed by atoms with E-state index in [1.54, 1.807) is 11.3 Å². The molecule has 3 rings (SSSR count). The number of aliphatic hydroxyl groups is 1. The Morgan fingerprint density at radius 3 is 2.55 bits per heavy atom. The zero-order valence-corrected chi connectivity index (χ0v) is 12.5. The number of aromatic nitrogens is 1. The van der Waals surface area contributed by atoms with E-state index in [0.717, 1.165) is 19.3 Å².